The number of benzene rings is 1. The third-order valence-electron chi connectivity index (χ3n) is 3.15. The Labute approximate surface area is 103 Å². The highest BCUT2D eigenvalue weighted by molar-refractivity contribution is 5.49. The number of ether oxygens (including phenoxy) is 1. The number of hydrogen-bond acceptors (Lipinski definition) is 3. The molecule has 1 atom stereocenters. The first-order valence-electron chi connectivity index (χ1n) is 5.62. The molecule has 1 heterocycles. The molecule has 2 N–H and O–H groups in total. The number of phenols is 1. The van der Waals surface area contributed by atoms with Gasteiger partial charge in [-0.05, 0) is 25.1 Å². The molecule has 0 bridgehead atoms. The maximum Gasteiger partial charge on any atom is 0.420 e. The molecule has 18 heavy (non-hydrogen) atoms. The van der Waals surface area contributed by atoms with Crippen LogP contribution in [0.15, 0.2) is 12.1 Å². The normalized spacial score (nSPS) is 20.1. The van der Waals surface area contributed by atoms with Gasteiger partial charge in [0.1, 0.15) is 17.1 Å². The van der Waals surface area contributed by atoms with E-state index in [2.05, 4.69) is 5.32 Å². The minimum atomic E-state index is -4.58. The lowest BCUT2D eigenvalue weighted by molar-refractivity contribution is -0.138. The maximum atomic E-state index is 12.8. The van der Waals surface area contributed by atoms with E-state index >= 15 is 0 Å². The van der Waals surface area contributed by atoms with Gasteiger partial charge < -0.3 is 15.2 Å². The highest BCUT2D eigenvalue weighted by Gasteiger charge is 2.37. The molecule has 2 rings (SSSR count). The molecule has 1 aliphatic rings. The van der Waals surface area contributed by atoms with E-state index < -0.39 is 17.5 Å². The van der Waals surface area contributed by atoms with Gasteiger partial charge in [0.15, 0.2) is 0 Å². The Morgan fingerprint density at radius 2 is 2.11 bits per heavy atom. The lowest BCUT2D eigenvalue weighted by Gasteiger charge is -2.17. The van der Waals surface area contributed by atoms with Crippen LogP contribution in [0.5, 0.6) is 11.5 Å². The van der Waals surface area contributed by atoms with Crippen molar-refractivity contribution < 1.29 is 23.0 Å². The zero-order valence-corrected chi connectivity index (χ0v) is 9.84. The minimum absolute atomic E-state index is 0.110. The summed E-state index contributed by atoms with van der Waals surface area (Å²) in [5.41, 5.74) is -0.740. The van der Waals surface area contributed by atoms with Gasteiger partial charge in [-0.2, -0.15) is 13.2 Å². The van der Waals surface area contributed by atoms with E-state index in [-0.39, 0.29) is 11.7 Å². The Bertz CT molecular complexity index is 440. The number of nitrogens with one attached hydrogen (secondary N) is 1. The smallest absolute Gasteiger partial charge is 0.420 e. The molecule has 100 valence electrons. The Balaban J connectivity index is 2.51. The minimum Gasteiger partial charge on any atom is -0.507 e. The largest absolute Gasteiger partial charge is 0.507 e. The molecular formula is C12H14F3NO2. The van der Waals surface area contributed by atoms with Crippen LogP contribution in [-0.2, 0) is 6.18 Å². The van der Waals surface area contributed by atoms with Crippen molar-refractivity contribution in [3.8, 4) is 11.5 Å². The van der Waals surface area contributed by atoms with E-state index in [4.69, 9.17) is 4.74 Å². The number of phenolic OH excluding ortho intramolecular Hbond substituents is 1. The lowest BCUT2D eigenvalue weighted by Crippen LogP contribution is -2.11. The zero-order valence-electron chi connectivity index (χ0n) is 9.84. The summed E-state index contributed by atoms with van der Waals surface area (Å²) in [6.07, 6.45) is -3.88. The second-order valence-electron chi connectivity index (χ2n) is 4.30. The first kappa shape index (κ1) is 13.0. The predicted molar refractivity (Wildman–Crippen MR) is 59.9 cm³/mol. The van der Waals surface area contributed by atoms with Gasteiger partial charge in [0.05, 0.1) is 7.11 Å². The van der Waals surface area contributed by atoms with Gasteiger partial charge in [-0.25, -0.2) is 0 Å². The maximum absolute atomic E-state index is 12.8. The molecular weight excluding hydrogens is 247 g/mol. The third-order valence-corrected chi connectivity index (χ3v) is 3.15. The van der Waals surface area contributed by atoms with Crippen LogP contribution in [0.3, 0.4) is 0 Å². The van der Waals surface area contributed by atoms with E-state index in [9.17, 15) is 18.3 Å². The molecule has 1 saturated heterocycles. The van der Waals surface area contributed by atoms with Gasteiger partial charge in [0.25, 0.3) is 0 Å². The van der Waals surface area contributed by atoms with Crippen LogP contribution < -0.4 is 10.1 Å². The third kappa shape index (κ3) is 2.38. The Morgan fingerprint density at radius 1 is 1.39 bits per heavy atom. The van der Waals surface area contributed by atoms with Crippen LogP contribution in [0, 0.1) is 0 Å². The van der Waals surface area contributed by atoms with Gasteiger partial charge in [0.2, 0.25) is 0 Å². The molecule has 0 aliphatic carbocycles. The highest BCUT2D eigenvalue weighted by Crippen LogP contribution is 2.43. The molecule has 0 aromatic heterocycles. The summed E-state index contributed by atoms with van der Waals surface area (Å²) in [7, 11) is 1.31. The van der Waals surface area contributed by atoms with E-state index in [0.717, 1.165) is 12.6 Å². The molecule has 1 aromatic carbocycles. The van der Waals surface area contributed by atoms with Crippen molar-refractivity contribution in [2.45, 2.75) is 18.5 Å². The average Bonchev–Trinajstić information content (AvgIpc) is 2.81. The predicted octanol–water partition coefficient (Wildman–Crippen LogP) is 2.50. The fourth-order valence-corrected chi connectivity index (χ4v) is 2.19. The average molecular weight is 261 g/mol. The van der Waals surface area contributed by atoms with E-state index in [1.165, 1.54) is 13.2 Å². The molecule has 3 nitrogen and oxygen atoms in total. The fraction of sp³-hybridized carbons (Fsp3) is 0.500. The summed E-state index contributed by atoms with van der Waals surface area (Å²) >= 11 is 0. The summed E-state index contributed by atoms with van der Waals surface area (Å²) in [5, 5.41) is 12.9. The van der Waals surface area contributed by atoms with Crippen molar-refractivity contribution in [3.63, 3.8) is 0 Å². The number of methoxy groups -OCH3 is 1. The van der Waals surface area contributed by atoms with Crippen LogP contribution in [-0.4, -0.2) is 25.3 Å². The molecule has 1 aromatic rings. The summed E-state index contributed by atoms with van der Waals surface area (Å²) in [6, 6.07) is 2.30. The quantitative estimate of drug-likeness (QED) is 0.859. The van der Waals surface area contributed by atoms with E-state index in [1.54, 1.807) is 0 Å². The van der Waals surface area contributed by atoms with Gasteiger partial charge in [-0.1, -0.05) is 0 Å². The second-order valence-corrected chi connectivity index (χ2v) is 4.30. The Kier molecular flexibility index (Phi) is 3.38. The van der Waals surface area contributed by atoms with Crippen molar-refractivity contribution in [1.29, 1.82) is 0 Å². The van der Waals surface area contributed by atoms with Gasteiger partial charge in [-0.3, -0.25) is 0 Å². The summed E-state index contributed by atoms with van der Waals surface area (Å²) in [4.78, 5) is 0. The van der Waals surface area contributed by atoms with Crippen molar-refractivity contribution in [1.82, 2.24) is 5.32 Å². The van der Waals surface area contributed by atoms with Gasteiger partial charge in [-0.15, -0.1) is 0 Å². The first-order chi connectivity index (χ1) is 8.43. The van der Waals surface area contributed by atoms with Crippen molar-refractivity contribution in [2.24, 2.45) is 0 Å². The molecule has 0 radical (unpaired) electrons. The number of halogens is 3. The topological polar surface area (TPSA) is 41.5 Å². The van der Waals surface area contributed by atoms with Crippen LogP contribution in [0.25, 0.3) is 0 Å². The standard InChI is InChI=1S/C12H14F3NO2/c1-18-8-4-9(7-2-3-16-6-7)11(17)10(5-8)12(13,14)15/h4-5,7,16-17H,2-3,6H2,1H3. The number of hydrogen-bond donors (Lipinski definition) is 2. The van der Waals surface area contributed by atoms with E-state index in [0.29, 0.717) is 18.5 Å². The second kappa shape index (κ2) is 4.68. The Hall–Kier alpha value is -1.43. The van der Waals surface area contributed by atoms with Gasteiger partial charge in [0, 0.05) is 18.0 Å². The molecule has 6 heteroatoms. The number of aromatic hydroxyl groups is 1. The number of rotatable bonds is 2. The zero-order chi connectivity index (χ0) is 13.3. The Morgan fingerprint density at radius 3 is 2.61 bits per heavy atom. The molecule has 0 amide bonds. The van der Waals surface area contributed by atoms with Crippen molar-refractivity contribution >= 4 is 0 Å². The molecule has 1 aliphatic heterocycles. The molecule has 1 fully saturated rings. The summed E-state index contributed by atoms with van der Waals surface area (Å²) < 4.78 is 43.3. The highest BCUT2D eigenvalue weighted by atomic mass is 19.4. The SMILES string of the molecule is COc1cc(C2CCNC2)c(O)c(C(F)(F)F)c1. The first-order valence-corrected chi connectivity index (χ1v) is 5.62. The van der Waals surface area contributed by atoms with Crippen LogP contribution in [0.4, 0.5) is 13.2 Å². The van der Waals surface area contributed by atoms with Crippen LogP contribution in [0.2, 0.25) is 0 Å². The van der Waals surface area contributed by atoms with Crippen molar-refractivity contribution in [3.05, 3.63) is 23.3 Å². The molecule has 0 spiro atoms. The number of alkyl halides is 3. The lowest BCUT2D eigenvalue weighted by atomic mass is 9.94. The van der Waals surface area contributed by atoms with Crippen LogP contribution >= 0.6 is 0 Å². The fourth-order valence-electron chi connectivity index (χ4n) is 2.19. The monoisotopic (exact) mass is 261 g/mol. The van der Waals surface area contributed by atoms with E-state index in [1.807, 2.05) is 0 Å². The van der Waals surface area contributed by atoms with Crippen molar-refractivity contribution in [2.75, 3.05) is 20.2 Å². The van der Waals surface area contributed by atoms with Gasteiger partial charge >= 0.3 is 6.18 Å². The molecule has 1 unspecified atom stereocenters. The summed E-state index contributed by atoms with van der Waals surface area (Å²) in [6.45, 7) is 1.31. The molecule has 0 saturated carbocycles. The van der Waals surface area contributed by atoms with Crippen LogP contribution in [0.1, 0.15) is 23.5 Å². The summed E-state index contributed by atoms with van der Waals surface area (Å²) in [5.74, 6) is -0.680.